The molecule has 76 valence electrons. The Morgan fingerprint density at radius 1 is 1.15 bits per heavy atom. The average Bonchev–Trinajstić information content (AvgIpc) is 2.07. The lowest BCUT2D eigenvalue weighted by Crippen LogP contribution is -1.87. The normalized spacial score (nSPS) is 8.38. The quantitative estimate of drug-likeness (QED) is 0.742. The standard InChI is InChI=1S/C9H12.C2H7N.ClH/c1-8(2)9-6-4-3-5-7-9;1-2-3;/h3-8H,1-2H3;2-3H2,1H3;1H. The molecule has 0 spiro atoms. The van der Waals surface area contributed by atoms with Gasteiger partial charge in [0.1, 0.15) is 0 Å². The van der Waals surface area contributed by atoms with Gasteiger partial charge in [0.05, 0.1) is 0 Å². The first kappa shape index (κ1) is 15.0. The predicted octanol–water partition coefficient (Wildman–Crippen LogP) is 3.20. The summed E-state index contributed by atoms with van der Waals surface area (Å²) in [6.45, 7) is 7.06. The van der Waals surface area contributed by atoms with E-state index in [1.54, 1.807) is 0 Å². The largest absolute Gasteiger partial charge is 0.331 e. The minimum absolute atomic E-state index is 0. The molecule has 0 amide bonds. The molecule has 0 aliphatic rings. The topological polar surface area (TPSA) is 26.0 Å². The highest BCUT2D eigenvalue weighted by molar-refractivity contribution is 5.85. The smallest absolute Gasteiger partial charge is 0.0106 e. The van der Waals surface area contributed by atoms with Crippen LogP contribution in [-0.2, 0) is 0 Å². The fourth-order valence-electron chi connectivity index (χ4n) is 0.838. The van der Waals surface area contributed by atoms with Crippen molar-refractivity contribution >= 4 is 12.4 Å². The van der Waals surface area contributed by atoms with Crippen molar-refractivity contribution in [3.8, 4) is 0 Å². The fraction of sp³-hybridized carbons (Fsp3) is 0.455. The first-order valence-corrected chi connectivity index (χ1v) is 4.47. The Hall–Kier alpha value is -0.530. The van der Waals surface area contributed by atoms with E-state index in [-0.39, 0.29) is 12.4 Å². The van der Waals surface area contributed by atoms with E-state index >= 15 is 0 Å². The van der Waals surface area contributed by atoms with Crippen LogP contribution >= 0.6 is 12.4 Å². The van der Waals surface area contributed by atoms with Crippen molar-refractivity contribution in [3.63, 3.8) is 0 Å². The molecule has 1 aromatic carbocycles. The molecule has 0 bridgehead atoms. The van der Waals surface area contributed by atoms with Crippen molar-refractivity contribution in [3.05, 3.63) is 35.9 Å². The monoisotopic (exact) mass is 201 g/mol. The van der Waals surface area contributed by atoms with Crippen LogP contribution in [0, 0.1) is 0 Å². The van der Waals surface area contributed by atoms with Gasteiger partial charge in [0, 0.05) is 0 Å². The van der Waals surface area contributed by atoms with Crippen molar-refractivity contribution in [2.75, 3.05) is 6.54 Å². The van der Waals surface area contributed by atoms with Crippen LogP contribution in [0.4, 0.5) is 0 Å². The van der Waals surface area contributed by atoms with E-state index < -0.39 is 0 Å². The van der Waals surface area contributed by atoms with Crippen LogP contribution in [0.3, 0.4) is 0 Å². The van der Waals surface area contributed by atoms with Gasteiger partial charge < -0.3 is 5.73 Å². The van der Waals surface area contributed by atoms with Gasteiger partial charge in [0.25, 0.3) is 0 Å². The number of nitrogens with two attached hydrogens (primary N) is 1. The van der Waals surface area contributed by atoms with Gasteiger partial charge in [-0.25, -0.2) is 0 Å². The number of hydrogen-bond donors (Lipinski definition) is 1. The van der Waals surface area contributed by atoms with Crippen LogP contribution in [0.2, 0.25) is 0 Å². The van der Waals surface area contributed by atoms with Crippen molar-refractivity contribution in [1.29, 1.82) is 0 Å². The first-order chi connectivity index (χ1) is 5.72. The molecule has 0 heterocycles. The summed E-state index contributed by atoms with van der Waals surface area (Å²) in [5.74, 6) is 0.659. The van der Waals surface area contributed by atoms with Gasteiger partial charge in [-0.3, -0.25) is 0 Å². The third-order valence-corrected chi connectivity index (χ3v) is 1.47. The van der Waals surface area contributed by atoms with Crippen LogP contribution in [0.25, 0.3) is 0 Å². The average molecular weight is 202 g/mol. The van der Waals surface area contributed by atoms with Gasteiger partial charge in [-0.15, -0.1) is 12.4 Å². The van der Waals surface area contributed by atoms with E-state index in [0.717, 1.165) is 6.54 Å². The molecular weight excluding hydrogens is 182 g/mol. The highest BCUT2D eigenvalue weighted by atomic mass is 35.5. The molecule has 0 aromatic heterocycles. The van der Waals surface area contributed by atoms with Crippen molar-refractivity contribution < 1.29 is 0 Å². The molecule has 13 heavy (non-hydrogen) atoms. The number of rotatable bonds is 1. The molecule has 2 heteroatoms. The van der Waals surface area contributed by atoms with Crippen LogP contribution in [0.5, 0.6) is 0 Å². The van der Waals surface area contributed by atoms with Crippen LogP contribution in [0.15, 0.2) is 30.3 Å². The predicted molar refractivity (Wildman–Crippen MR) is 62.5 cm³/mol. The van der Waals surface area contributed by atoms with Crippen LogP contribution in [0.1, 0.15) is 32.3 Å². The highest BCUT2D eigenvalue weighted by Gasteiger charge is 1.93. The van der Waals surface area contributed by atoms with Crippen molar-refractivity contribution in [2.24, 2.45) is 5.73 Å². The molecule has 0 aliphatic heterocycles. The third-order valence-electron chi connectivity index (χ3n) is 1.47. The summed E-state index contributed by atoms with van der Waals surface area (Å²) in [4.78, 5) is 0. The second-order valence-corrected chi connectivity index (χ2v) is 2.97. The van der Waals surface area contributed by atoms with Gasteiger partial charge in [0.15, 0.2) is 0 Å². The Morgan fingerprint density at radius 2 is 1.54 bits per heavy atom. The van der Waals surface area contributed by atoms with E-state index in [0.29, 0.717) is 5.92 Å². The molecule has 0 saturated heterocycles. The molecule has 0 radical (unpaired) electrons. The van der Waals surface area contributed by atoms with Gasteiger partial charge in [-0.2, -0.15) is 0 Å². The molecule has 1 aromatic rings. The molecule has 0 aliphatic carbocycles. The van der Waals surface area contributed by atoms with E-state index in [4.69, 9.17) is 5.73 Å². The molecule has 0 fully saturated rings. The number of benzene rings is 1. The molecule has 1 rings (SSSR count). The second kappa shape index (κ2) is 9.56. The number of hydrogen-bond acceptors (Lipinski definition) is 1. The Labute approximate surface area is 87.8 Å². The maximum Gasteiger partial charge on any atom is -0.0106 e. The van der Waals surface area contributed by atoms with Gasteiger partial charge in [-0.1, -0.05) is 51.1 Å². The highest BCUT2D eigenvalue weighted by Crippen LogP contribution is 2.11. The zero-order valence-corrected chi connectivity index (χ0v) is 9.47. The third kappa shape index (κ3) is 7.82. The van der Waals surface area contributed by atoms with Crippen molar-refractivity contribution in [2.45, 2.75) is 26.7 Å². The summed E-state index contributed by atoms with van der Waals surface area (Å²) >= 11 is 0. The van der Waals surface area contributed by atoms with E-state index in [1.165, 1.54) is 5.56 Å². The van der Waals surface area contributed by atoms with E-state index in [2.05, 4.69) is 38.1 Å². The molecule has 2 N–H and O–H groups in total. The number of halogens is 1. The van der Waals surface area contributed by atoms with E-state index in [9.17, 15) is 0 Å². The van der Waals surface area contributed by atoms with Gasteiger partial charge in [0.2, 0.25) is 0 Å². The lowest BCUT2D eigenvalue weighted by atomic mass is 10.0. The van der Waals surface area contributed by atoms with Crippen molar-refractivity contribution in [1.82, 2.24) is 0 Å². The summed E-state index contributed by atoms with van der Waals surface area (Å²) in [6.07, 6.45) is 0. The minimum Gasteiger partial charge on any atom is -0.331 e. The Kier molecular flexibility index (Phi) is 11.0. The van der Waals surface area contributed by atoms with Gasteiger partial charge in [-0.05, 0) is 18.0 Å². The lowest BCUT2D eigenvalue weighted by molar-refractivity contribution is 0.867. The second-order valence-electron chi connectivity index (χ2n) is 2.97. The van der Waals surface area contributed by atoms with Gasteiger partial charge >= 0.3 is 0 Å². The molecule has 0 unspecified atom stereocenters. The zero-order chi connectivity index (χ0) is 9.40. The summed E-state index contributed by atoms with van der Waals surface area (Å²) < 4.78 is 0. The van der Waals surface area contributed by atoms with Crippen LogP contribution < -0.4 is 5.73 Å². The summed E-state index contributed by atoms with van der Waals surface area (Å²) in [7, 11) is 0. The minimum atomic E-state index is 0. The SMILES string of the molecule is CC(C)c1ccccc1.CCN.Cl. The Balaban J connectivity index is 0. The molecular formula is C11H20ClN. The Morgan fingerprint density at radius 3 is 1.77 bits per heavy atom. The summed E-state index contributed by atoms with van der Waals surface area (Å²) in [5, 5.41) is 0. The fourth-order valence-corrected chi connectivity index (χ4v) is 0.838. The maximum atomic E-state index is 4.85. The Bertz CT molecular complexity index is 185. The molecule has 1 nitrogen and oxygen atoms in total. The molecule has 0 atom stereocenters. The molecule has 0 saturated carbocycles. The summed E-state index contributed by atoms with van der Waals surface area (Å²) in [5.41, 5.74) is 6.26. The van der Waals surface area contributed by atoms with Crippen LogP contribution in [-0.4, -0.2) is 6.54 Å². The summed E-state index contributed by atoms with van der Waals surface area (Å²) in [6, 6.07) is 10.5. The van der Waals surface area contributed by atoms with E-state index in [1.807, 2.05) is 13.0 Å². The lowest BCUT2D eigenvalue weighted by Gasteiger charge is -2.01. The first-order valence-electron chi connectivity index (χ1n) is 4.47. The zero-order valence-electron chi connectivity index (χ0n) is 8.66. The maximum absolute atomic E-state index is 4.85.